The Kier molecular flexibility index (Phi) is 4.53. The van der Waals surface area contributed by atoms with Gasteiger partial charge in [-0.1, -0.05) is 6.07 Å². The molecule has 0 saturated heterocycles. The molecule has 0 saturated carbocycles. The molecule has 16 heavy (non-hydrogen) atoms. The summed E-state index contributed by atoms with van der Waals surface area (Å²) in [5.41, 5.74) is 0.253. The number of benzene rings is 1. The van der Waals surface area contributed by atoms with Crippen LogP contribution in [0.5, 0.6) is 5.75 Å². The summed E-state index contributed by atoms with van der Waals surface area (Å²) in [6.45, 7) is 2.30. The van der Waals surface area contributed by atoms with E-state index < -0.39 is 4.92 Å². The van der Waals surface area contributed by atoms with Gasteiger partial charge in [-0.15, -0.1) is 0 Å². The number of nitrogens with one attached hydrogen (secondary N) is 1. The smallest absolute Gasteiger partial charge is 0.333 e. The van der Waals surface area contributed by atoms with Crippen LogP contribution >= 0.6 is 0 Å². The van der Waals surface area contributed by atoms with E-state index in [4.69, 9.17) is 9.84 Å². The van der Waals surface area contributed by atoms with Crippen LogP contribution in [0.3, 0.4) is 0 Å². The number of aliphatic hydroxyl groups is 1. The van der Waals surface area contributed by atoms with Crippen molar-refractivity contribution in [1.82, 2.24) is 0 Å². The topological polar surface area (TPSA) is 84.6 Å². The first-order valence-electron chi connectivity index (χ1n) is 4.95. The summed E-state index contributed by atoms with van der Waals surface area (Å²) < 4.78 is 5.17. The average Bonchev–Trinajstić information content (AvgIpc) is 2.26. The van der Waals surface area contributed by atoms with E-state index in [1.165, 1.54) is 0 Å². The second-order valence-corrected chi connectivity index (χ2v) is 2.99. The maximum atomic E-state index is 10.9. The third-order valence-electron chi connectivity index (χ3n) is 1.91. The number of para-hydroxylation sites is 1. The molecule has 1 aromatic rings. The Bertz CT molecular complexity index is 368. The lowest BCUT2D eigenvalue weighted by Crippen LogP contribution is -2.08. The van der Waals surface area contributed by atoms with Crippen molar-refractivity contribution >= 4 is 11.4 Å². The number of nitro benzene ring substituents is 1. The average molecular weight is 226 g/mol. The number of rotatable bonds is 6. The minimum absolute atomic E-state index is 0.0873. The van der Waals surface area contributed by atoms with Gasteiger partial charge in [-0.25, -0.2) is 0 Å². The van der Waals surface area contributed by atoms with E-state index in [-0.39, 0.29) is 24.6 Å². The Morgan fingerprint density at radius 2 is 2.31 bits per heavy atom. The summed E-state index contributed by atoms with van der Waals surface area (Å²) in [4.78, 5) is 10.4. The first kappa shape index (κ1) is 12.3. The molecule has 0 aliphatic carbocycles. The van der Waals surface area contributed by atoms with Crippen LogP contribution in [0.2, 0.25) is 0 Å². The van der Waals surface area contributed by atoms with Gasteiger partial charge in [-0.3, -0.25) is 10.1 Å². The van der Waals surface area contributed by atoms with Crippen molar-refractivity contribution in [3.63, 3.8) is 0 Å². The zero-order valence-corrected chi connectivity index (χ0v) is 8.97. The van der Waals surface area contributed by atoms with Crippen LogP contribution in [0.4, 0.5) is 11.4 Å². The Morgan fingerprint density at radius 3 is 2.88 bits per heavy atom. The van der Waals surface area contributed by atoms with Gasteiger partial charge in [0.1, 0.15) is 5.69 Å². The van der Waals surface area contributed by atoms with Crippen LogP contribution < -0.4 is 10.1 Å². The van der Waals surface area contributed by atoms with E-state index in [1.54, 1.807) is 25.1 Å². The van der Waals surface area contributed by atoms with Gasteiger partial charge in [0, 0.05) is 6.54 Å². The van der Waals surface area contributed by atoms with Crippen molar-refractivity contribution in [3.05, 3.63) is 28.3 Å². The molecule has 1 rings (SSSR count). The van der Waals surface area contributed by atoms with Crippen molar-refractivity contribution in [1.29, 1.82) is 0 Å². The summed E-state index contributed by atoms with van der Waals surface area (Å²) in [7, 11) is 0. The second kappa shape index (κ2) is 5.92. The standard InChI is InChI=1S/C10H14N2O4/c1-2-16-9-5-3-4-8(11-6-7-13)10(9)12(14)15/h3-5,11,13H,2,6-7H2,1H3. The molecule has 0 atom stereocenters. The molecule has 0 aromatic heterocycles. The van der Waals surface area contributed by atoms with E-state index in [0.29, 0.717) is 12.3 Å². The Labute approximate surface area is 93.0 Å². The van der Waals surface area contributed by atoms with Crippen molar-refractivity contribution in [3.8, 4) is 5.75 Å². The van der Waals surface area contributed by atoms with Crippen LogP contribution in [-0.2, 0) is 0 Å². The number of hydrogen-bond acceptors (Lipinski definition) is 5. The lowest BCUT2D eigenvalue weighted by molar-refractivity contribution is -0.384. The molecule has 0 fully saturated rings. The molecule has 0 spiro atoms. The van der Waals surface area contributed by atoms with Gasteiger partial charge >= 0.3 is 5.69 Å². The van der Waals surface area contributed by atoms with Crippen LogP contribution in [0.15, 0.2) is 18.2 Å². The fourth-order valence-electron chi connectivity index (χ4n) is 1.32. The first-order valence-corrected chi connectivity index (χ1v) is 4.95. The Balaban J connectivity index is 3.05. The molecule has 0 unspecified atom stereocenters. The lowest BCUT2D eigenvalue weighted by Gasteiger charge is -2.09. The third-order valence-corrected chi connectivity index (χ3v) is 1.91. The number of nitro groups is 1. The van der Waals surface area contributed by atoms with E-state index in [9.17, 15) is 10.1 Å². The third kappa shape index (κ3) is 2.83. The molecule has 6 nitrogen and oxygen atoms in total. The van der Waals surface area contributed by atoms with Crippen LogP contribution in [0, 0.1) is 10.1 Å². The molecule has 6 heteroatoms. The SMILES string of the molecule is CCOc1cccc(NCCO)c1[N+](=O)[O-]. The monoisotopic (exact) mass is 226 g/mol. The largest absolute Gasteiger partial charge is 0.487 e. The molecule has 0 aliphatic rings. The predicted octanol–water partition coefficient (Wildman–Crippen LogP) is 1.40. The second-order valence-electron chi connectivity index (χ2n) is 2.99. The van der Waals surface area contributed by atoms with E-state index in [0.717, 1.165) is 0 Å². The molecule has 88 valence electrons. The van der Waals surface area contributed by atoms with Gasteiger partial charge in [0.2, 0.25) is 0 Å². The van der Waals surface area contributed by atoms with Crippen LogP contribution in [0.25, 0.3) is 0 Å². The molecular formula is C10H14N2O4. The van der Waals surface area contributed by atoms with Crippen LogP contribution in [0.1, 0.15) is 6.92 Å². The number of hydrogen-bond donors (Lipinski definition) is 2. The Morgan fingerprint density at radius 1 is 1.56 bits per heavy atom. The fraction of sp³-hybridized carbons (Fsp3) is 0.400. The first-order chi connectivity index (χ1) is 7.70. The molecule has 2 N–H and O–H groups in total. The molecule has 0 aliphatic heterocycles. The van der Waals surface area contributed by atoms with Crippen molar-refractivity contribution in [2.45, 2.75) is 6.92 Å². The van der Waals surface area contributed by atoms with Crippen LogP contribution in [-0.4, -0.2) is 29.8 Å². The molecule has 0 heterocycles. The lowest BCUT2D eigenvalue weighted by atomic mass is 10.2. The van der Waals surface area contributed by atoms with E-state index in [1.807, 2.05) is 0 Å². The fourth-order valence-corrected chi connectivity index (χ4v) is 1.32. The van der Waals surface area contributed by atoms with Gasteiger partial charge < -0.3 is 15.2 Å². The molecular weight excluding hydrogens is 212 g/mol. The van der Waals surface area contributed by atoms with Gasteiger partial charge in [0.25, 0.3) is 0 Å². The summed E-state index contributed by atoms with van der Waals surface area (Å²) in [5.74, 6) is 0.232. The van der Waals surface area contributed by atoms with E-state index >= 15 is 0 Å². The molecule has 0 bridgehead atoms. The summed E-state index contributed by atoms with van der Waals surface area (Å²) >= 11 is 0. The van der Waals surface area contributed by atoms with E-state index in [2.05, 4.69) is 5.32 Å². The molecule has 0 radical (unpaired) electrons. The minimum Gasteiger partial charge on any atom is -0.487 e. The quantitative estimate of drug-likeness (QED) is 0.565. The van der Waals surface area contributed by atoms with Gasteiger partial charge in [0.15, 0.2) is 5.75 Å². The highest BCUT2D eigenvalue weighted by Gasteiger charge is 2.20. The summed E-state index contributed by atoms with van der Waals surface area (Å²) in [6, 6.07) is 4.79. The zero-order chi connectivity index (χ0) is 12.0. The number of anilines is 1. The molecule has 1 aromatic carbocycles. The molecule has 0 amide bonds. The number of nitrogens with zero attached hydrogens (tertiary/aromatic N) is 1. The summed E-state index contributed by atoms with van der Waals surface area (Å²) in [5, 5.41) is 22.3. The van der Waals surface area contributed by atoms with Gasteiger partial charge in [0.05, 0.1) is 18.1 Å². The minimum atomic E-state index is -0.495. The van der Waals surface area contributed by atoms with Crippen molar-refractivity contribution in [2.24, 2.45) is 0 Å². The zero-order valence-electron chi connectivity index (χ0n) is 8.97. The Hall–Kier alpha value is -1.82. The van der Waals surface area contributed by atoms with Crippen molar-refractivity contribution in [2.75, 3.05) is 25.1 Å². The highest BCUT2D eigenvalue weighted by atomic mass is 16.6. The highest BCUT2D eigenvalue weighted by Crippen LogP contribution is 2.34. The number of ether oxygens (including phenoxy) is 1. The maximum absolute atomic E-state index is 10.9. The summed E-state index contributed by atoms with van der Waals surface area (Å²) in [6.07, 6.45) is 0. The highest BCUT2D eigenvalue weighted by molar-refractivity contribution is 5.68. The van der Waals surface area contributed by atoms with Gasteiger partial charge in [-0.05, 0) is 19.1 Å². The maximum Gasteiger partial charge on any atom is 0.333 e. The normalized spacial score (nSPS) is 9.88. The van der Waals surface area contributed by atoms with Crippen molar-refractivity contribution < 1.29 is 14.8 Å². The predicted molar refractivity (Wildman–Crippen MR) is 59.8 cm³/mol. The number of aliphatic hydroxyl groups excluding tert-OH is 1. The van der Waals surface area contributed by atoms with Gasteiger partial charge in [-0.2, -0.15) is 0 Å².